The second-order valence-corrected chi connectivity index (χ2v) is 7.81. The van der Waals surface area contributed by atoms with Gasteiger partial charge in [0.2, 0.25) is 0 Å². The molecule has 6 nitrogen and oxygen atoms in total. The molecule has 0 spiro atoms. The van der Waals surface area contributed by atoms with Crippen LogP contribution >= 0.6 is 11.3 Å². The summed E-state index contributed by atoms with van der Waals surface area (Å²) in [6.07, 6.45) is 0. The third kappa shape index (κ3) is 4.06. The molecule has 0 fully saturated rings. The maximum absolute atomic E-state index is 13.7. The van der Waals surface area contributed by atoms with Gasteiger partial charge in [-0.1, -0.05) is 24.3 Å². The number of nitro benzene ring substituents is 1. The third-order valence-electron chi connectivity index (χ3n) is 3.47. The van der Waals surface area contributed by atoms with E-state index in [1.54, 1.807) is 17.5 Å². The van der Waals surface area contributed by atoms with Crippen LogP contribution < -0.4 is 4.18 Å². The fraction of sp³-hybridized carbons (Fsp3) is 0.0588. The van der Waals surface area contributed by atoms with Crippen LogP contribution in [0.15, 0.2) is 60.0 Å². The van der Waals surface area contributed by atoms with Gasteiger partial charge >= 0.3 is 10.1 Å². The highest BCUT2D eigenvalue weighted by Crippen LogP contribution is 2.37. The van der Waals surface area contributed by atoms with Gasteiger partial charge in [0.1, 0.15) is 11.6 Å². The van der Waals surface area contributed by atoms with Crippen molar-refractivity contribution < 1.29 is 21.9 Å². The van der Waals surface area contributed by atoms with Crippen molar-refractivity contribution in [2.24, 2.45) is 0 Å². The molecule has 0 amide bonds. The maximum Gasteiger partial charge on any atom is 0.313 e. The molecule has 0 saturated carbocycles. The van der Waals surface area contributed by atoms with E-state index in [0.717, 1.165) is 12.1 Å². The minimum absolute atomic E-state index is 0.0212. The van der Waals surface area contributed by atoms with E-state index in [1.807, 2.05) is 0 Å². The largest absolute Gasteiger partial charge is 0.381 e. The lowest BCUT2D eigenvalue weighted by Gasteiger charge is -2.11. The number of hydrogen-bond acceptors (Lipinski definition) is 6. The molecule has 26 heavy (non-hydrogen) atoms. The smallest absolute Gasteiger partial charge is 0.313 e. The Kier molecular flexibility index (Phi) is 5.01. The number of halogens is 1. The van der Waals surface area contributed by atoms with Gasteiger partial charge in [0.15, 0.2) is 5.75 Å². The minimum atomic E-state index is -4.16. The van der Waals surface area contributed by atoms with Crippen molar-refractivity contribution in [3.63, 3.8) is 0 Å². The first-order valence-corrected chi connectivity index (χ1v) is 9.79. The summed E-state index contributed by atoms with van der Waals surface area (Å²) in [7, 11) is -4.16. The summed E-state index contributed by atoms with van der Waals surface area (Å²) in [5.41, 5.74) is 0.0747. The molecule has 3 rings (SSSR count). The van der Waals surface area contributed by atoms with Gasteiger partial charge in [0, 0.05) is 28.1 Å². The van der Waals surface area contributed by atoms with E-state index in [-0.39, 0.29) is 22.6 Å². The number of thiophene rings is 1. The molecule has 134 valence electrons. The Hall–Kier alpha value is -2.78. The normalized spacial score (nSPS) is 11.3. The molecule has 2 aromatic carbocycles. The minimum Gasteiger partial charge on any atom is -0.381 e. The Morgan fingerprint density at radius 2 is 1.88 bits per heavy atom. The quantitative estimate of drug-likeness (QED) is 0.353. The summed E-state index contributed by atoms with van der Waals surface area (Å²) in [6, 6.07) is 12.6. The molecule has 0 bridgehead atoms. The van der Waals surface area contributed by atoms with Crippen LogP contribution in [0, 0.1) is 15.9 Å². The SMILES string of the molecule is O=[N+]([O-])c1ccc(OS(=O)(=O)Cc2ccccc2F)c(-c2cccs2)c1. The lowest BCUT2D eigenvalue weighted by molar-refractivity contribution is -0.384. The molecule has 0 unspecified atom stereocenters. The van der Waals surface area contributed by atoms with Crippen molar-refractivity contribution in [2.45, 2.75) is 5.75 Å². The van der Waals surface area contributed by atoms with Gasteiger partial charge in [-0.05, 0) is 23.6 Å². The molecule has 0 saturated heterocycles. The van der Waals surface area contributed by atoms with Crippen LogP contribution in [0.1, 0.15) is 5.56 Å². The van der Waals surface area contributed by atoms with E-state index >= 15 is 0 Å². The second-order valence-electron chi connectivity index (χ2n) is 5.29. The van der Waals surface area contributed by atoms with E-state index in [0.29, 0.717) is 4.88 Å². The van der Waals surface area contributed by atoms with Crippen LogP contribution in [-0.2, 0) is 15.9 Å². The molecular weight excluding hydrogens is 381 g/mol. The van der Waals surface area contributed by atoms with Crippen LogP contribution in [-0.4, -0.2) is 13.3 Å². The summed E-state index contributed by atoms with van der Waals surface area (Å²) in [5.74, 6) is -1.35. The van der Waals surface area contributed by atoms with Crippen molar-refractivity contribution in [1.29, 1.82) is 0 Å². The fourth-order valence-corrected chi connectivity index (χ4v) is 4.14. The standard InChI is InChI=1S/C17H12FNO5S2/c18-15-5-2-1-4-12(15)11-26(22,23)24-16-8-7-13(19(20)21)10-14(16)17-6-3-9-25-17/h1-10H,11H2. The lowest BCUT2D eigenvalue weighted by atomic mass is 10.1. The van der Waals surface area contributed by atoms with E-state index in [1.165, 1.54) is 41.7 Å². The van der Waals surface area contributed by atoms with Crippen LogP contribution in [0.5, 0.6) is 5.75 Å². The Bertz CT molecular complexity index is 1050. The molecule has 0 aliphatic rings. The summed E-state index contributed by atoms with van der Waals surface area (Å²) in [4.78, 5) is 11.0. The van der Waals surface area contributed by atoms with Gasteiger partial charge in [-0.25, -0.2) is 4.39 Å². The first-order valence-electron chi connectivity index (χ1n) is 7.33. The van der Waals surface area contributed by atoms with Crippen molar-refractivity contribution in [3.8, 4) is 16.2 Å². The molecule has 9 heteroatoms. The molecule has 1 aromatic heterocycles. The van der Waals surface area contributed by atoms with Crippen LogP contribution in [0.3, 0.4) is 0 Å². The van der Waals surface area contributed by atoms with Crippen molar-refractivity contribution >= 4 is 27.1 Å². The third-order valence-corrected chi connectivity index (χ3v) is 5.47. The Morgan fingerprint density at radius 1 is 1.12 bits per heavy atom. The van der Waals surface area contributed by atoms with E-state index in [4.69, 9.17) is 4.18 Å². The average molecular weight is 393 g/mol. The number of nitrogens with zero attached hydrogens (tertiary/aromatic N) is 1. The zero-order chi connectivity index (χ0) is 18.7. The molecule has 0 atom stereocenters. The van der Waals surface area contributed by atoms with Crippen molar-refractivity contribution in [3.05, 3.63) is 81.5 Å². The van der Waals surface area contributed by atoms with Crippen molar-refractivity contribution in [1.82, 2.24) is 0 Å². The predicted molar refractivity (Wildman–Crippen MR) is 96.1 cm³/mol. The summed E-state index contributed by atoms with van der Waals surface area (Å²) in [5, 5.41) is 12.8. The van der Waals surface area contributed by atoms with Gasteiger partial charge < -0.3 is 4.18 Å². The predicted octanol–water partition coefficient (Wildman–Crippen LogP) is 4.37. The number of rotatable bonds is 6. The zero-order valence-electron chi connectivity index (χ0n) is 13.2. The lowest BCUT2D eigenvalue weighted by Crippen LogP contribution is -2.13. The van der Waals surface area contributed by atoms with Crippen molar-refractivity contribution in [2.75, 3.05) is 0 Å². The van der Waals surface area contributed by atoms with Gasteiger partial charge in [-0.2, -0.15) is 8.42 Å². The molecule has 0 N–H and O–H groups in total. The first-order chi connectivity index (χ1) is 12.4. The van der Waals surface area contributed by atoms with Gasteiger partial charge in [0.05, 0.1) is 4.92 Å². The molecule has 1 heterocycles. The van der Waals surface area contributed by atoms with E-state index in [9.17, 15) is 22.9 Å². The number of hydrogen-bond donors (Lipinski definition) is 0. The number of non-ortho nitro benzene ring substituents is 1. The number of benzene rings is 2. The Morgan fingerprint density at radius 3 is 2.54 bits per heavy atom. The molecular formula is C17H12FNO5S2. The highest BCUT2D eigenvalue weighted by Gasteiger charge is 2.21. The highest BCUT2D eigenvalue weighted by molar-refractivity contribution is 7.86. The summed E-state index contributed by atoms with van der Waals surface area (Å²) < 4.78 is 43.5. The average Bonchev–Trinajstić information content (AvgIpc) is 3.11. The zero-order valence-corrected chi connectivity index (χ0v) is 14.8. The Labute approximate surface area is 152 Å². The maximum atomic E-state index is 13.7. The van der Waals surface area contributed by atoms with Crippen LogP contribution in [0.2, 0.25) is 0 Å². The summed E-state index contributed by atoms with van der Waals surface area (Å²) >= 11 is 1.29. The highest BCUT2D eigenvalue weighted by atomic mass is 32.2. The number of nitro groups is 1. The van der Waals surface area contributed by atoms with E-state index in [2.05, 4.69) is 0 Å². The topological polar surface area (TPSA) is 86.5 Å². The monoisotopic (exact) mass is 393 g/mol. The molecule has 0 radical (unpaired) electrons. The fourth-order valence-electron chi connectivity index (χ4n) is 2.30. The first kappa shape index (κ1) is 18.0. The summed E-state index contributed by atoms with van der Waals surface area (Å²) in [6.45, 7) is 0. The van der Waals surface area contributed by atoms with E-state index < -0.39 is 26.6 Å². The van der Waals surface area contributed by atoms with Gasteiger partial charge in [-0.3, -0.25) is 10.1 Å². The molecule has 0 aliphatic heterocycles. The second kappa shape index (κ2) is 7.22. The van der Waals surface area contributed by atoms with Crippen LogP contribution in [0.4, 0.5) is 10.1 Å². The Balaban J connectivity index is 1.96. The van der Waals surface area contributed by atoms with Gasteiger partial charge in [0.25, 0.3) is 5.69 Å². The molecule has 0 aliphatic carbocycles. The van der Waals surface area contributed by atoms with Crippen LogP contribution in [0.25, 0.3) is 10.4 Å². The van der Waals surface area contributed by atoms with Gasteiger partial charge in [-0.15, -0.1) is 11.3 Å². The molecule has 3 aromatic rings.